The van der Waals surface area contributed by atoms with Gasteiger partial charge in [0, 0.05) is 0 Å². The molecule has 0 aromatic heterocycles. The summed E-state index contributed by atoms with van der Waals surface area (Å²) in [6, 6.07) is 10.4. The van der Waals surface area contributed by atoms with Crippen LogP contribution in [0, 0.1) is 5.92 Å². The molecular formula is C16H27NO. The highest BCUT2D eigenvalue weighted by Crippen LogP contribution is 2.17. The highest BCUT2D eigenvalue weighted by Gasteiger charge is 2.19. The van der Waals surface area contributed by atoms with E-state index < -0.39 is 5.60 Å². The third kappa shape index (κ3) is 6.77. The molecule has 1 unspecified atom stereocenters. The van der Waals surface area contributed by atoms with Crippen molar-refractivity contribution in [2.45, 2.75) is 45.6 Å². The van der Waals surface area contributed by atoms with Gasteiger partial charge in [0.05, 0.1) is 5.60 Å². The van der Waals surface area contributed by atoms with Gasteiger partial charge in [0.15, 0.2) is 0 Å². The summed E-state index contributed by atoms with van der Waals surface area (Å²) in [6.07, 6.45) is 2.57. The fourth-order valence-corrected chi connectivity index (χ4v) is 1.93. The van der Waals surface area contributed by atoms with Gasteiger partial charge in [-0.1, -0.05) is 44.2 Å². The highest BCUT2D eigenvalue weighted by atomic mass is 16.3. The van der Waals surface area contributed by atoms with Crippen LogP contribution in [0.5, 0.6) is 0 Å². The normalized spacial score (nSPS) is 14.7. The Morgan fingerprint density at radius 3 is 2.44 bits per heavy atom. The van der Waals surface area contributed by atoms with Crippen molar-refractivity contribution >= 4 is 0 Å². The largest absolute Gasteiger partial charge is 0.390 e. The van der Waals surface area contributed by atoms with Crippen LogP contribution in [0.3, 0.4) is 0 Å². The Labute approximate surface area is 111 Å². The monoisotopic (exact) mass is 249 g/mol. The van der Waals surface area contributed by atoms with Crippen molar-refractivity contribution in [2.75, 3.05) is 13.1 Å². The van der Waals surface area contributed by atoms with Crippen LogP contribution in [0.25, 0.3) is 0 Å². The van der Waals surface area contributed by atoms with Crippen molar-refractivity contribution in [3.63, 3.8) is 0 Å². The lowest BCUT2D eigenvalue weighted by Gasteiger charge is -2.23. The Kier molecular flexibility index (Phi) is 6.37. The third-order valence-electron chi connectivity index (χ3n) is 3.19. The van der Waals surface area contributed by atoms with Gasteiger partial charge in [-0.3, -0.25) is 0 Å². The van der Waals surface area contributed by atoms with Crippen molar-refractivity contribution < 1.29 is 5.11 Å². The quantitative estimate of drug-likeness (QED) is 0.694. The SMILES string of the molecule is CC(C)CNCCC(C)(O)CCc1ccccc1. The van der Waals surface area contributed by atoms with E-state index in [0.717, 1.165) is 32.4 Å². The Morgan fingerprint density at radius 2 is 1.83 bits per heavy atom. The summed E-state index contributed by atoms with van der Waals surface area (Å²) in [6.45, 7) is 8.24. The number of hydrogen-bond acceptors (Lipinski definition) is 2. The maximum absolute atomic E-state index is 10.3. The molecule has 0 radical (unpaired) electrons. The van der Waals surface area contributed by atoms with E-state index in [4.69, 9.17) is 0 Å². The molecule has 0 saturated heterocycles. The number of aryl methyl sites for hydroxylation is 1. The summed E-state index contributed by atoms with van der Waals surface area (Å²) >= 11 is 0. The third-order valence-corrected chi connectivity index (χ3v) is 3.19. The fourth-order valence-electron chi connectivity index (χ4n) is 1.93. The van der Waals surface area contributed by atoms with Crippen molar-refractivity contribution in [2.24, 2.45) is 5.92 Å². The smallest absolute Gasteiger partial charge is 0.0635 e. The predicted octanol–water partition coefficient (Wildman–Crippen LogP) is 3.01. The van der Waals surface area contributed by atoms with Gasteiger partial charge in [-0.15, -0.1) is 0 Å². The van der Waals surface area contributed by atoms with Crippen LogP contribution < -0.4 is 5.32 Å². The van der Waals surface area contributed by atoms with Gasteiger partial charge < -0.3 is 10.4 Å². The number of aliphatic hydroxyl groups is 1. The second-order valence-electron chi connectivity index (χ2n) is 5.83. The Bertz CT molecular complexity index is 319. The minimum Gasteiger partial charge on any atom is -0.390 e. The summed E-state index contributed by atoms with van der Waals surface area (Å²) in [7, 11) is 0. The van der Waals surface area contributed by atoms with Crippen molar-refractivity contribution in [1.82, 2.24) is 5.32 Å². The first kappa shape index (κ1) is 15.2. The summed E-state index contributed by atoms with van der Waals surface area (Å²) in [5, 5.41) is 13.7. The molecule has 2 N–H and O–H groups in total. The van der Waals surface area contributed by atoms with Crippen molar-refractivity contribution in [3.05, 3.63) is 35.9 Å². The average molecular weight is 249 g/mol. The van der Waals surface area contributed by atoms with Crippen molar-refractivity contribution in [3.8, 4) is 0 Å². The van der Waals surface area contributed by atoms with E-state index in [2.05, 4.69) is 31.3 Å². The molecular weight excluding hydrogens is 222 g/mol. The second kappa shape index (κ2) is 7.55. The first-order valence-electron chi connectivity index (χ1n) is 6.97. The predicted molar refractivity (Wildman–Crippen MR) is 77.7 cm³/mol. The van der Waals surface area contributed by atoms with E-state index in [0.29, 0.717) is 5.92 Å². The molecule has 0 saturated carbocycles. The van der Waals surface area contributed by atoms with Crippen LogP contribution in [0.1, 0.15) is 39.2 Å². The van der Waals surface area contributed by atoms with Gasteiger partial charge in [0.2, 0.25) is 0 Å². The zero-order valence-electron chi connectivity index (χ0n) is 11.9. The Balaban J connectivity index is 2.23. The maximum atomic E-state index is 10.3. The molecule has 0 heterocycles. The minimum absolute atomic E-state index is 0.570. The highest BCUT2D eigenvalue weighted by molar-refractivity contribution is 5.14. The molecule has 1 atom stereocenters. The van der Waals surface area contributed by atoms with E-state index in [-0.39, 0.29) is 0 Å². The lowest BCUT2D eigenvalue weighted by atomic mass is 9.93. The second-order valence-corrected chi connectivity index (χ2v) is 5.83. The van der Waals surface area contributed by atoms with E-state index in [1.54, 1.807) is 0 Å². The molecule has 0 bridgehead atoms. The zero-order chi connectivity index (χ0) is 13.4. The van der Waals surface area contributed by atoms with Crippen LogP contribution >= 0.6 is 0 Å². The van der Waals surface area contributed by atoms with Gasteiger partial charge >= 0.3 is 0 Å². The number of rotatable bonds is 8. The van der Waals surface area contributed by atoms with Gasteiger partial charge in [-0.05, 0) is 50.8 Å². The van der Waals surface area contributed by atoms with Gasteiger partial charge in [-0.2, -0.15) is 0 Å². The first-order chi connectivity index (χ1) is 8.49. The first-order valence-corrected chi connectivity index (χ1v) is 6.97. The summed E-state index contributed by atoms with van der Waals surface area (Å²) in [5.41, 5.74) is 0.729. The maximum Gasteiger partial charge on any atom is 0.0635 e. The van der Waals surface area contributed by atoms with Crippen LogP contribution in [-0.4, -0.2) is 23.8 Å². The number of benzene rings is 1. The molecule has 102 valence electrons. The van der Waals surface area contributed by atoms with E-state index in [9.17, 15) is 5.11 Å². The fraction of sp³-hybridized carbons (Fsp3) is 0.625. The van der Waals surface area contributed by atoms with Gasteiger partial charge in [-0.25, -0.2) is 0 Å². The lowest BCUT2D eigenvalue weighted by Crippen LogP contribution is -2.31. The Hall–Kier alpha value is -0.860. The molecule has 0 amide bonds. The molecule has 0 aliphatic rings. The standard InChI is InChI=1S/C16H27NO/c1-14(2)13-17-12-11-16(3,18)10-9-15-7-5-4-6-8-15/h4-8,14,17-18H,9-13H2,1-3H3. The number of hydrogen-bond donors (Lipinski definition) is 2. The molecule has 0 aliphatic heterocycles. The molecule has 0 fully saturated rings. The molecule has 2 nitrogen and oxygen atoms in total. The van der Waals surface area contributed by atoms with Gasteiger partial charge in [0.1, 0.15) is 0 Å². The molecule has 1 aromatic rings. The van der Waals surface area contributed by atoms with Gasteiger partial charge in [0.25, 0.3) is 0 Å². The van der Waals surface area contributed by atoms with Crippen LogP contribution in [0.2, 0.25) is 0 Å². The van der Waals surface area contributed by atoms with Crippen molar-refractivity contribution in [1.29, 1.82) is 0 Å². The van der Waals surface area contributed by atoms with E-state index in [1.807, 2.05) is 25.1 Å². The summed E-state index contributed by atoms with van der Waals surface area (Å²) < 4.78 is 0. The molecule has 0 aliphatic carbocycles. The average Bonchev–Trinajstić information content (AvgIpc) is 2.34. The summed E-state index contributed by atoms with van der Waals surface area (Å²) in [4.78, 5) is 0. The van der Waals surface area contributed by atoms with Crippen LogP contribution in [0.4, 0.5) is 0 Å². The molecule has 1 rings (SSSR count). The molecule has 1 aromatic carbocycles. The lowest BCUT2D eigenvalue weighted by molar-refractivity contribution is 0.0424. The van der Waals surface area contributed by atoms with Crippen LogP contribution in [-0.2, 0) is 6.42 Å². The number of nitrogens with one attached hydrogen (secondary N) is 1. The zero-order valence-corrected chi connectivity index (χ0v) is 11.9. The molecule has 2 heteroatoms. The summed E-state index contributed by atoms with van der Waals surface area (Å²) in [5.74, 6) is 0.666. The minimum atomic E-state index is -0.570. The molecule has 0 spiro atoms. The molecule has 18 heavy (non-hydrogen) atoms. The van der Waals surface area contributed by atoms with Crippen LogP contribution in [0.15, 0.2) is 30.3 Å². The van der Waals surface area contributed by atoms with E-state index in [1.165, 1.54) is 5.56 Å². The topological polar surface area (TPSA) is 32.3 Å². The van der Waals surface area contributed by atoms with E-state index >= 15 is 0 Å². The Morgan fingerprint density at radius 1 is 1.17 bits per heavy atom.